The Balaban J connectivity index is 1.47. The normalized spacial score (nSPS) is 28.5. The van der Waals surface area contributed by atoms with Gasteiger partial charge >= 0.3 is 0 Å². The molecule has 0 unspecified atom stereocenters. The van der Waals surface area contributed by atoms with Crippen LogP contribution in [-0.2, 0) is 19.2 Å². The molecular weight excluding hydrogens is 841 g/mol. The molecule has 1 saturated carbocycles. The number of fused-ring (bicyclic) bond motifs is 4. The van der Waals surface area contributed by atoms with Gasteiger partial charge in [-0.1, -0.05) is 11.6 Å². The zero-order valence-electron chi connectivity index (χ0n) is 26.1. The van der Waals surface area contributed by atoms with Crippen molar-refractivity contribution in [2.24, 2.45) is 17.8 Å². The number of carbonyl (C=O) groups is 4. The van der Waals surface area contributed by atoms with Gasteiger partial charge < -0.3 is 14.6 Å². The summed E-state index contributed by atoms with van der Waals surface area (Å²) in [7, 11) is 2.48. The van der Waals surface area contributed by atoms with Crippen LogP contribution in [0.1, 0.15) is 24.3 Å². The largest absolute Gasteiger partial charge is 0.507 e. The standard InChI is InChI=1S/C34H22Cl2F5IN2O7/c1-50-14-9-18(45)21(19(10-14)51-2)22-15-7-8-16-20(30(47)43(29(16)46)13-5-3-12(42)4-6-13)17(15)11-33(35)31(48)44(32(49)34(22,33)36)28-26(40)24(38)23(37)25(39)27(28)41/h3-7,9-10,16-17,20,22,45H,8,11H2,1-2H3/t16-,17+,20-,22+,33+,34-/m0/s1. The van der Waals surface area contributed by atoms with Crippen LogP contribution < -0.4 is 19.3 Å². The van der Waals surface area contributed by atoms with Crippen molar-refractivity contribution < 1.29 is 55.7 Å². The summed E-state index contributed by atoms with van der Waals surface area (Å²) in [6.45, 7) is 0. The number of phenolic OH excluding ortho intramolecular Hbond substituents is 1. The first-order chi connectivity index (χ1) is 24.0. The lowest BCUT2D eigenvalue weighted by atomic mass is 9.56. The Morgan fingerprint density at radius 3 is 2.02 bits per heavy atom. The third kappa shape index (κ3) is 4.62. The molecule has 0 radical (unpaired) electrons. The van der Waals surface area contributed by atoms with Crippen molar-refractivity contribution in [3.8, 4) is 17.2 Å². The Morgan fingerprint density at radius 2 is 1.43 bits per heavy atom. The second kappa shape index (κ2) is 12.0. The molecule has 266 valence electrons. The molecule has 7 rings (SSSR count). The van der Waals surface area contributed by atoms with Gasteiger partial charge in [-0.15, -0.1) is 23.2 Å². The van der Waals surface area contributed by atoms with Crippen LogP contribution in [-0.4, -0.2) is 52.7 Å². The molecular formula is C34H22Cl2F5IN2O7. The predicted octanol–water partition coefficient (Wildman–Crippen LogP) is 6.48. The van der Waals surface area contributed by atoms with E-state index in [2.05, 4.69) is 22.6 Å². The van der Waals surface area contributed by atoms with E-state index in [1.807, 2.05) is 0 Å². The van der Waals surface area contributed by atoms with Crippen molar-refractivity contribution in [2.75, 3.05) is 24.0 Å². The van der Waals surface area contributed by atoms with Gasteiger partial charge in [0.15, 0.2) is 33.0 Å². The SMILES string of the molecule is COc1cc(O)c([C@H]2C3=CC[C@@H]4C(=O)N(c5ccc(I)cc5)C(=O)[C@@H]4[C@@H]3C[C@@]3(Cl)C(=O)N(c4c(F)c(F)c(F)c(F)c4F)C(=O)[C@@]23Cl)c(OC)c1. The van der Waals surface area contributed by atoms with E-state index in [1.165, 1.54) is 26.4 Å². The van der Waals surface area contributed by atoms with Crippen molar-refractivity contribution in [3.05, 3.63) is 86.3 Å². The summed E-state index contributed by atoms with van der Waals surface area (Å²) in [6.07, 6.45) is 0.738. The summed E-state index contributed by atoms with van der Waals surface area (Å²) in [6, 6.07) is 8.93. The van der Waals surface area contributed by atoms with Gasteiger partial charge in [0, 0.05) is 27.2 Å². The second-order valence-electron chi connectivity index (χ2n) is 12.4. The number of methoxy groups -OCH3 is 2. The maximum atomic E-state index is 15.3. The number of ether oxygens (including phenoxy) is 2. The maximum Gasteiger partial charge on any atom is 0.258 e. The third-order valence-corrected chi connectivity index (χ3v) is 12.3. The molecule has 9 nitrogen and oxygen atoms in total. The lowest BCUT2D eigenvalue weighted by Gasteiger charge is -2.50. The smallest absolute Gasteiger partial charge is 0.258 e. The van der Waals surface area contributed by atoms with Crippen LogP contribution in [0.5, 0.6) is 17.2 Å². The number of aromatic hydroxyl groups is 1. The van der Waals surface area contributed by atoms with Crippen LogP contribution in [0, 0.1) is 50.4 Å². The number of hydrogen-bond donors (Lipinski definition) is 1. The molecule has 17 heteroatoms. The molecule has 3 fully saturated rings. The number of benzene rings is 3. The van der Waals surface area contributed by atoms with E-state index < -0.39 is 104 Å². The number of phenols is 1. The molecule has 0 aromatic heterocycles. The number of nitrogens with zero attached hydrogens (tertiary/aromatic N) is 2. The summed E-state index contributed by atoms with van der Waals surface area (Å²) in [5, 5.41) is 11.4. The monoisotopic (exact) mass is 862 g/mol. The highest BCUT2D eigenvalue weighted by Gasteiger charge is 2.77. The molecule has 4 amide bonds. The van der Waals surface area contributed by atoms with E-state index in [9.17, 15) is 37.5 Å². The highest BCUT2D eigenvalue weighted by atomic mass is 127. The molecule has 0 bridgehead atoms. The Hall–Kier alpha value is -3.96. The van der Waals surface area contributed by atoms with Crippen molar-refractivity contribution in [1.29, 1.82) is 0 Å². The van der Waals surface area contributed by atoms with Gasteiger partial charge in [0.1, 0.15) is 22.9 Å². The van der Waals surface area contributed by atoms with Crippen LogP contribution in [0.2, 0.25) is 0 Å². The lowest BCUT2D eigenvalue weighted by Crippen LogP contribution is -2.60. The van der Waals surface area contributed by atoms with E-state index in [0.717, 1.165) is 14.5 Å². The zero-order valence-corrected chi connectivity index (χ0v) is 29.7. The lowest BCUT2D eigenvalue weighted by molar-refractivity contribution is -0.125. The van der Waals surface area contributed by atoms with E-state index in [1.54, 1.807) is 24.3 Å². The van der Waals surface area contributed by atoms with Crippen LogP contribution >= 0.6 is 45.8 Å². The number of hydrogen-bond acceptors (Lipinski definition) is 7. The topological polar surface area (TPSA) is 113 Å². The highest BCUT2D eigenvalue weighted by Crippen LogP contribution is 2.67. The maximum absolute atomic E-state index is 15.3. The Labute approximate surface area is 309 Å². The predicted molar refractivity (Wildman–Crippen MR) is 179 cm³/mol. The third-order valence-electron chi connectivity index (χ3n) is 10.1. The zero-order chi connectivity index (χ0) is 37.1. The molecule has 2 aliphatic heterocycles. The number of anilines is 2. The number of carbonyl (C=O) groups excluding carboxylic acids is 4. The van der Waals surface area contributed by atoms with E-state index in [4.69, 9.17) is 32.7 Å². The summed E-state index contributed by atoms with van der Waals surface area (Å²) in [5.74, 6) is -22.8. The number of rotatable bonds is 5. The van der Waals surface area contributed by atoms with Gasteiger partial charge in [-0.3, -0.25) is 24.1 Å². The molecule has 51 heavy (non-hydrogen) atoms. The number of alkyl halides is 2. The Morgan fingerprint density at radius 1 is 0.824 bits per heavy atom. The summed E-state index contributed by atoms with van der Waals surface area (Å²) in [5.41, 5.74) is -1.76. The fraction of sp³-hybridized carbons (Fsp3) is 0.294. The molecule has 6 atom stereocenters. The van der Waals surface area contributed by atoms with Gasteiger partial charge in [-0.2, -0.15) is 0 Å². The molecule has 2 aliphatic carbocycles. The van der Waals surface area contributed by atoms with Crippen molar-refractivity contribution in [1.82, 2.24) is 0 Å². The van der Waals surface area contributed by atoms with E-state index in [-0.39, 0.29) is 39.6 Å². The van der Waals surface area contributed by atoms with Gasteiger partial charge in [-0.25, -0.2) is 26.9 Å². The average molecular weight is 863 g/mol. The molecule has 2 saturated heterocycles. The highest BCUT2D eigenvalue weighted by molar-refractivity contribution is 14.1. The average Bonchev–Trinajstić information content (AvgIpc) is 3.45. The number of allylic oxidation sites excluding steroid dienone is 2. The van der Waals surface area contributed by atoms with Gasteiger partial charge in [0.2, 0.25) is 17.6 Å². The van der Waals surface area contributed by atoms with Crippen LogP contribution in [0.3, 0.4) is 0 Å². The van der Waals surface area contributed by atoms with Crippen molar-refractivity contribution in [3.63, 3.8) is 0 Å². The van der Waals surface area contributed by atoms with Crippen LogP contribution in [0.25, 0.3) is 0 Å². The first kappa shape index (κ1) is 35.4. The molecule has 3 aromatic rings. The minimum atomic E-state index is -2.85. The minimum Gasteiger partial charge on any atom is -0.507 e. The van der Waals surface area contributed by atoms with Gasteiger partial charge in [0.25, 0.3) is 11.8 Å². The van der Waals surface area contributed by atoms with E-state index in [0.29, 0.717) is 0 Å². The second-order valence-corrected chi connectivity index (χ2v) is 14.9. The number of amides is 4. The van der Waals surface area contributed by atoms with Crippen LogP contribution in [0.15, 0.2) is 48.0 Å². The summed E-state index contributed by atoms with van der Waals surface area (Å²) < 4.78 is 85.2. The Kier molecular flexibility index (Phi) is 8.37. The molecule has 0 spiro atoms. The first-order valence-electron chi connectivity index (χ1n) is 15.1. The summed E-state index contributed by atoms with van der Waals surface area (Å²) in [4.78, 5) is 52.0. The van der Waals surface area contributed by atoms with E-state index >= 15 is 8.78 Å². The first-order valence-corrected chi connectivity index (χ1v) is 16.9. The molecule has 3 aromatic carbocycles. The minimum absolute atomic E-state index is 0.0699. The van der Waals surface area contributed by atoms with Crippen molar-refractivity contribution >= 4 is 80.8 Å². The van der Waals surface area contributed by atoms with Gasteiger partial charge in [0.05, 0.1) is 31.7 Å². The molecule has 1 N–H and O–H groups in total. The van der Waals surface area contributed by atoms with Gasteiger partial charge in [-0.05, 0) is 65.6 Å². The fourth-order valence-corrected chi connectivity index (χ4v) is 9.17. The number of halogens is 8. The van der Waals surface area contributed by atoms with Crippen LogP contribution in [0.4, 0.5) is 33.3 Å². The fourth-order valence-electron chi connectivity index (χ4n) is 7.89. The summed E-state index contributed by atoms with van der Waals surface area (Å²) >= 11 is 16.4. The molecule has 2 heterocycles. The molecule has 4 aliphatic rings. The Bertz CT molecular complexity index is 2110. The van der Waals surface area contributed by atoms with Crippen molar-refractivity contribution in [2.45, 2.75) is 28.5 Å². The quantitative estimate of drug-likeness (QED) is 0.0595. The number of imide groups is 2.